The van der Waals surface area contributed by atoms with Crippen LogP contribution in [0.4, 0.5) is 0 Å². The predicted octanol–water partition coefficient (Wildman–Crippen LogP) is 2.07. The number of carbonyl (C=O) groups is 3. The minimum absolute atomic E-state index is 0.133. The Bertz CT molecular complexity index is 445. The second-order valence-corrected chi connectivity index (χ2v) is 5.68. The number of esters is 1. The van der Waals surface area contributed by atoms with Crippen molar-refractivity contribution in [2.24, 2.45) is 17.3 Å². The maximum atomic E-state index is 12.5. The molecule has 0 aliphatic heterocycles. The van der Waals surface area contributed by atoms with Gasteiger partial charge in [-0.25, -0.2) is 0 Å². The molecule has 2 rings (SSSR count). The van der Waals surface area contributed by atoms with Gasteiger partial charge in [0.25, 0.3) is 0 Å². The van der Waals surface area contributed by atoms with Gasteiger partial charge in [0.1, 0.15) is 11.7 Å². The Kier molecular flexibility index (Phi) is 3.61. The molecule has 2 saturated carbocycles. The first-order valence-electron chi connectivity index (χ1n) is 6.81. The first-order chi connectivity index (χ1) is 8.93. The molecule has 4 nitrogen and oxygen atoms in total. The van der Waals surface area contributed by atoms with Crippen molar-refractivity contribution in [3.8, 4) is 0 Å². The molecule has 2 unspecified atom stereocenters. The Morgan fingerprint density at radius 3 is 2.47 bits per heavy atom. The minimum atomic E-state index is -0.944. The number of hydrogen-bond donors (Lipinski definition) is 0. The number of ketones is 2. The smallest absolute Gasteiger partial charge is 0.320 e. The average Bonchev–Trinajstić information content (AvgIpc) is 2.25. The molecule has 0 aromatic carbocycles. The molecule has 0 heterocycles. The van der Waals surface area contributed by atoms with Crippen molar-refractivity contribution < 1.29 is 19.1 Å². The summed E-state index contributed by atoms with van der Waals surface area (Å²) in [6.45, 7) is 7.26. The Balaban J connectivity index is 2.30. The molecule has 0 bridgehead atoms. The van der Waals surface area contributed by atoms with E-state index in [1.807, 2.05) is 0 Å². The highest BCUT2D eigenvalue weighted by molar-refractivity contribution is 6.12. The van der Waals surface area contributed by atoms with E-state index in [1.54, 1.807) is 6.92 Å². The molecule has 0 saturated heterocycles. The fourth-order valence-electron chi connectivity index (χ4n) is 3.56. The third-order valence-electron chi connectivity index (χ3n) is 4.45. The van der Waals surface area contributed by atoms with Crippen LogP contribution in [-0.2, 0) is 19.1 Å². The fourth-order valence-corrected chi connectivity index (χ4v) is 3.56. The fraction of sp³-hybridized carbons (Fsp3) is 0.667. The van der Waals surface area contributed by atoms with E-state index >= 15 is 0 Å². The molecule has 19 heavy (non-hydrogen) atoms. The lowest BCUT2D eigenvalue weighted by atomic mass is 9.51. The van der Waals surface area contributed by atoms with Gasteiger partial charge in [-0.3, -0.25) is 14.4 Å². The maximum Gasteiger partial charge on any atom is 0.320 e. The topological polar surface area (TPSA) is 60.4 Å². The van der Waals surface area contributed by atoms with Crippen molar-refractivity contribution in [2.45, 2.75) is 39.5 Å². The van der Waals surface area contributed by atoms with Gasteiger partial charge in [0.05, 0.1) is 12.5 Å². The Morgan fingerprint density at radius 1 is 1.42 bits per heavy atom. The molecule has 1 spiro atoms. The summed E-state index contributed by atoms with van der Waals surface area (Å²) >= 11 is 0. The average molecular weight is 264 g/mol. The molecular weight excluding hydrogens is 244 g/mol. The van der Waals surface area contributed by atoms with Crippen molar-refractivity contribution in [3.63, 3.8) is 0 Å². The van der Waals surface area contributed by atoms with Gasteiger partial charge < -0.3 is 4.74 Å². The third kappa shape index (κ3) is 2.13. The molecule has 2 atom stereocenters. The molecule has 0 aromatic rings. The van der Waals surface area contributed by atoms with Gasteiger partial charge in [-0.2, -0.15) is 0 Å². The minimum Gasteiger partial charge on any atom is -0.465 e. The molecular formula is C15H20O4. The third-order valence-corrected chi connectivity index (χ3v) is 4.45. The van der Waals surface area contributed by atoms with Crippen LogP contribution in [-0.4, -0.2) is 24.1 Å². The summed E-state index contributed by atoms with van der Waals surface area (Å²) in [5, 5.41) is 0. The van der Waals surface area contributed by atoms with Gasteiger partial charge in [-0.15, -0.1) is 0 Å². The highest BCUT2D eigenvalue weighted by Crippen LogP contribution is 2.56. The Hall–Kier alpha value is -1.45. The van der Waals surface area contributed by atoms with Gasteiger partial charge in [0, 0.05) is 0 Å². The van der Waals surface area contributed by atoms with Crippen LogP contribution in [0.2, 0.25) is 0 Å². The summed E-state index contributed by atoms with van der Waals surface area (Å²) in [6, 6.07) is 0. The van der Waals surface area contributed by atoms with Crippen LogP contribution in [0.3, 0.4) is 0 Å². The molecule has 104 valence electrons. The molecule has 0 N–H and O–H groups in total. The van der Waals surface area contributed by atoms with E-state index in [9.17, 15) is 14.4 Å². The van der Waals surface area contributed by atoms with Gasteiger partial charge >= 0.3 is 5.97 Å². The van der Waals surface area contributed by atoms with Crippen LogP contribution in [0, 0.1) is 17.3 Å². The van der Waals surface area contributed by atoms with Crippen molar-refractivity contribution in [1.82, 2.24) is 0 Å². The number of Topliss-reactive ketones (excluding diaryl/α,β-unsaturated/α-hetero) is 2. The molecule has 2 aliphatic rings. The normalized spacial score (nSPS) is 28.9. The lowest BCUT2D eigenvalue weighted by Crippen LogP contribution is -2.53. The van der Waals surface area contributed by atoms with Gasteiger partial charge in [-0.05, 0) is 38.5 Å². The van der Waals surface area contributed by atoms with Crippen LogP contribution in [0.5, 0.6) is 0 Å². The van der Waals surface area contributed by atoms with E-state index in [2.05, 4.69) is 6.58 Å². The molecule has 0 amide bonds. The summed E-state index contributed by atoms with van der Waals surface area (Å²) in [6.07, 6.45) is 3.37. The second-order valence-electron chi connectivity index (χ2n) is 5.68. The maximum absolute atomic E-state index is 12.5. The zero-order valence-corrected chi connectivity index (χ0v) is 11.5. The molecule has 2 aliphatic carbocycles. The van der Waals surface area contributed by atoms with Crippen LogP contribution >= 0.6 is 0 Å². The summed E-state index contributed by atoms with van der Waals surface area (Å²) in [7, 11) is 0. The zero-order chi connectivity index (χ0) is 14.2. The van der Waals surface area contributed by atoms with E-state index in [-0.39, 0.29) is 23.6 Å². The SMILES string of the molecule is C=C1CC2(CCC2)C(C(C)=O)C(=O)C1C(=O)OCC. The van der Waals surface area contributed by atoms with E-state index in [4.69, 9.17) is 4.74 Å². The monoisotopic (exact) mass is 264 g/mol. The summed E-state index contributed by atoms with van der Waals surface area (Å²) in [5.74, 6) is -2.59. The molecule has 2 fully saturated rings. The van der Waals surface area contributed by atoms with Crippen LogP contribution in [0.15, 0.2) is 12.2 Å². The van der Waals surface area contributed by atoms with Crippen molar-refractivity contribution in [2.75, 3.05) is 6.61 Å². The molecule has 4 heteroatoms. The standard InChI is InChI=1S/C15H20O4/c1-4-19-14(18)11-9(2)8-15(6-5-7-15)12(10(3)16)13(11)17/h11-12H,2,4-8H2,1,3H3. The lowest BCUT2D eigenvalue weighted by Gasteiger charge is -2.50. The first kappa shape index (κ1) is 14.0. The quantitative estimate of drug-likeness (QED) is 0.445. The number of carbonyl (C=O) groups excluding carboxylic acids is 3. The first-order valence-corrected chi connectivity index (χ1v) is 6.81. The van der Waals surface area contributed by atoms with E-state index in [0.29, 0.717) is 12.0 Å². The summed E-state index contributed by atoms with van der Waals surface area (Å²) < 4.78 is 4.94. The van der Waals surface area contributed by atoms with E-state index in [0.717, 1.165) is 19.3 Å². The molecule has 0 radical (unpaired) electrons. The summed E-state index contributed by atoms with van der Waals surface area (Å²) in [5.41, 5.74) is 0.351. The van der Waals surface area contributed by atoms with E-state index < -0.39 is 17.8 Å². The zero-order valence-electron chi connectivity index (χ0n) is 11.5. The highest BCUT2D eigenvalue weighted by Gasteiger charge is 2.56. The number of hydrogen-bond acceptors (Lipinski definition) is 4. The van der Waals surface area contributed by atoms with Crippen molar-refractivity contribution >= 4 is 17.5 Å². The van der Waals surface area contributed by atoms with Gasteiger partial charge in [-0.1, -0.05) is 18.6 Å². The molecule has 0 aromatic heterocycles. The lowest BCUT2D eigenvalue weighted by molar-refractivity contribution is -0.157. The second kappa shape index (κ2) is 4.91. The van der Waals surface area contributed by atoms with Crippen LogP contribution in [0.25, 0.3) is 0 Å². The van der Waals surface area contributed by atoms with Crippen LogP contribution < -0.4 is 0 Å². The number of rotatable bonds is 3. The van der Waals surface area contributed by atoms with Gasteiger partial charge in [0.2, 0.25) is 0 Å². The van der Waals surface area contributed by atoms with Crippen molar-refractivity contribution in [1.29, 1.82) is 0 Å². The largest absolute Gasteiger partial charge is 0.465 e. The highest BCUT2D eigenvalue weighted by atomic mass is 16.5. The Labute approximate surface area is 113 Å². The van der Waals surface area contributed by atoms with Crippen molar-refractivity contribution in [3.05, 3.63) is 12.2 Å². The summed E-state index contributed by atoms with van der Waals surface area (Å²) in [4.78, 5) is 36.3. The number of ether oxygens (including phenoxy) is 1. The van der Waals surface area contributed by atoms with Gasteiger partial charge in [0.15, 0.2) is 5.78 Å². The van der Waals surface area contributed by atoms with E-state index in [1.165, 1.54) is 6.92 Å². The van der Waals surface area contributed by atoms with Crippen LogP contribution in [0.1, 0.15) is 39.5 Å². The predicted molar refractivity (Wildman–Crippen MR) is 69.3 cm³/mol. The Morgan fingerprint density at radius 2 is 2.05 bits per heavy atom.